The molecule has 0 saturated carbocycles. The smallest absolute Gasteiger partial charge is 0.355 e. The third-order valence-corrected chi connectivity index (χ3v) is 3.21. The molecule has 0 amide bonds. The molecular formula is C15H12N2O3. The fraction of sp³-hybridized carbons (Fsp3) is 0.0667. The lowest BCUT2D eigenvalue weighted by Crippen LogP contribution is -2.06. The fourth-order valence-electron chi connectivity index (χ4n) is 2.30. The van der Waals surface area contributed by atoms with E-state index in [0.717, 1.165) is 10.9 Å². The highest BCUT2D eigenvalue weighted by atomic mass is 16.4. The number of carboxylic acids is 1. The third-order valence-electron chi connectivity index (χ3n) is 3.21. The van der Waals surface area contributed by atoms with Crippen molar-refractivity contribution in [3.05, 3.63) is 53.9 Å². The number of pyridine rings is 1. The van der Waals surface area contributed by atoms with E-state index < -0.39 is 5.97 Å². The second kappa shape index (κ2) is 4.79. The van der Waals surface area contributed by atoms with Gasteiger partial charge in [0, 0.05) is 28.4 Å². The predicted octanol–water partition coefficient (Wildman–Crippen LogP) is 2.42. The summed E-state index contributed by atoms with van der Waals surface area (Å²) in [5, 5.41) is 19.7. The van der Waals surface area contributed by atoms with Crippen molar-refractivity contribution >= 4 is 16.9 Å². The van der Waals surface area contributed by atoms with Gasteiger partial charge in [0.2, 0.25) is 0 Å². The van der Waals surface area contributed by atoms with Crippen molar-refractivity contribution in [3.63, 3.8) is 0 Å². The summed E-state index contributed by atoms with van der Waals surface area (Å²) >= 11 is 0. The van der Waals surface area contributed by atoms with Gasteiger partial charge < -0.3 is 15.2 Å². The number of carbonyl (C=O) groups is 1. The van der Waals surface area contributed by atoms with Gasteiger partial charge >= 0.3 is 5.97 Å². The summed E-state index contributed by atoms with van der Waals surface area (Å²) in [6.45, 7) is -0.243. The highest BCUT2D eigenvalue weighted by molar-refractivity contribution is 5.96. The Hall–Kier alpha value is -2.66. The molecule has 0 aliphatic heterocycles. The first-order chi connectivity index (χ1) is 9.70. The molecule has 3 aromatic rings. The summed E-state index contributed by atoms with van der Waals surface area (Å²) in [6.07, 6.45) is 1.39. The summed E-state index contributed by atoms with van der Waals surface area (Å²) in [7, 11) is 0. The number of aromatic carboxylic acids is 1. The van der Waals surface area contributed by atoms with E-state index in [1.165, 1.54) is 6.20 Å². The Bertz CT molecular complexity index is 760. The highest BCUT2D eigenvalue weighted by Crippen LogP contribution is 2.29. The van der Waals surface area contributed by atoms with Crippen LogP contribution in [0.2, 0.25) is 0 Å². The number of benzene rings is 1. The number of aliphatic hydroxyl groups is 1. The number of hydrogen-bond acceptors (Lipinski definition) is 3. The molecule has 20 heavy (non-hydrogen) atoms. The maximum atomic E-state index is 11.3. The zero-order chi connectivity index (χ0) is 14.1. The molecule has 0 spiro atoms. The number of hydrogen-bond donors (Lipinski definition) is 3. The fourth-order valence-corrected chi connectivity index (χ4v) is 2.30. The van der Waals surface area contributed by atoms with Gasteiger partial charge in [-0.25, -0.2) is 9.78 Å². The van der Waals surface area contributed by atoms with Gasteiger partial charge in [0.1, 0.15) is 0 Å². The molecule has 0 bridgehead atoms. The van der Waals surface area contributed by atoms with Gasteiger partial charge in [0.25, 0.3) is 0 Å². The number of carboxylic acid groups (broad SMARTS) is 1. The molecule has 3 N–H and O–H groups in total. The van der Waals surface area contributed by atoms with Crippen molar-refractivity contribution in [1.29, 1.82) is 0 Å². The van der Waals surface area contributed by atoms with Crippen LogP contribution in [0.5, 0.6) is 0 Å². The van der Waals surface area contributed by atoms with E-state index in [9.17, 15) is 15.0 Å². The summed E-state index contributed by atoms with van der Waals surface area (Å²) in [5.41, 5.74) is 2.44. The van der Waals surface area contributed by atoms with E-state index in [2.05, 4.69) is 9.97 Å². The zero-order valence-corrected chi connectivity index (χ0v) is 10.5. The van der Waals surface area contributed by atoms with E-state index in [4.69, 9.17) is 0 Å². The number of aromatic nitrogens is 2. The second-order valence-electron chi connectivity index (χ2n) is 4.43. The number of fused-ring (bicyclic) bond motifs is 1. The van der Waals surface area contributed by atoms with Crippen molar-refractivity contribution in [1.82, 2.24) is 9.97 Å². The first kappa shape index (κ1) is 12.4. The van der Waals surface area contributed by atoms with Crippen LogP contribution in [0.4, 0.5) is 0 Å². The molecule has 0 atom stereocenters. The van der Waals surface area contributed by atoms with Crippen LogP contribution in [-0.2, 0) is 6.61 Å². The Morgan fingerprint density at radius 1 is 1.25 bits per heavy atom. The van der Waals surface area contributed by atoms with Crippen LogP contribution >= 0.6 is 0 Å². The van der Waals surface area contributed by atoms with Crippen LogP contribution in [0.3, 0.4) is 0 Å². The van der Waals surface area contributed by atoms with Crippen LogP contribution in [0.25, 0.3) is 22.2 Å². The van der Waals surface area contributed by atoms with E-state index in [1.54, 1.807) is 6.07 Å². The number of nitrogens with zero attached hydrogens (tertiary/aromatic N) is 1. The molecule has 0 saturated heterocycles. The first-order valence-electron chi connectivity index (χ1n) is 6.11. The van der Waals surface area contributed by atoms with Crippen LogP contribution in [-0.4, -0.2) is 26.2 Å². The van der Waals surface area contributed by atoms with Crippen molar-refractivity contribution in [2.45, 2.75) is 6.61 Å². The minimum Gasteiger partial charge on any atom is -0.476 e. The van der Waals surface area contributed by atoms with Gasteiger partial charge in [-0.1, -0.05) is 18.2 Å². The number of rotatable bonds is 3. The number of nitrogens with one attached hydrogen (secondary N) is 1. The van der Waals surface area contributed by atoms with Gasteiger partial charge in [-0.15, -0.1) is 0 Å². The molecule has 0 unspecified atom stereocenters. The molecule has 0 fully saturated rings. The standard InChI is InChI=1S/C15H12N2O3/c18-8-10-5-6-16-14(15(19)20)13(10)12-7-9-3-1-2-4-11(9)17-12/h1-7,17-18H,8H2,(H,19,20). The lowest BCUT2D eigenvalue weighted by molar-refractivity contribution is 0.0691. The van der Waals surface area contributed by atoms with Gasteiger partial charge in [0.15, 0.2) is 5.69 Å². The van der Waals surface area contributed by atoms with Gasteiger partial charge in [-0.05, 0) is 23.8 Å². The van der Waals surface area contributed by atoms with E-state index in [0.29, 0.717) is 16.8 Å². The van der Waals surface area contributed by atoms with Gasteiger partial charge in [-0.2, -0.15) is 0 Å². The molecule has 1 aromatic carbocycles. The first-order valence-corrected chi connectivity index (χ1v) is 6.11. The quantitative estimate of drug-likeness (QED) is 0.681. The van der Waals surface area contributed by atoms with Crippen LogP contribution in [0.1, 0.15) is 16.1 Å². The third kappa shape index (κ3) is 1.94. The minimum atomic E-state index is -1.12. The molecule has 5 heteroatoms. The second-order valence-corrected chi connectivity index (χ2v) is 4.43. The van der Waals surface area contributed by atoms with Crippen molar-refractivity contribution in [3.8, 4) is 11.3 Å². The van der Waals surface area contributed by atoms with Crippen molar-refractivity contribution in [2.24, 2.45) is 0 Å². The normalized spacial score (nSPS) is 10.8. The molecule has 0 aliphatic rings. The lowest BCUT2D eigenvalue weighted by Gasteiger charge is -2.08. The van der Waals surface area contributed by atoms with Crippen molar-refractivity contribution in [2.75, 3.05) is 0 Å². The molecule has 0 aliphatic carbocycles. The molecule has 3 rings (SSSR count). The van der Waals surface area contributed by atoms with Crippen molar-refractivity contribution < 1.29 is 15.0 Å². The summed E-state index contributed by atoms with van der Waals surface area (Å²) < 4.78 is 0. The maximum absolute atomic E-state index is 11.3. The molecule has 0 radical (unpaired) electrons. The van der Waals surface area contributed by atoms with Gasteiger partial charge in [0.05, 0.1) is 6.61 Å². The lowest BCUT2D eigenvalue weighted by atomic mass is 10.0. The Kier molecular flexibility index (Phi) is 2.96. The highest BCUT2D eigenvalue weighted by Gasteiger charge is 2.18. The largest absolute Gasteiger partial charge is 0.476 e. The Morgan fingerprint density at radius 2 is 2.05 bits per heavy atom. The number of H-pyrrole nitrogens is 1. The SMILES string of the molecule is O=C(O)c1nccc(CO)c1-c1cc2ccccc2[nH]1. The van der Waals surface area contributed by atoms with E-state index in [-0.39, 0.29) is 12.3 Å². The Morgan fingerprint density at radius 3 is 2.75 bits per heavy atom. The molecule has 5 nitrogen and oxygen atoms in total. The monoisotopic (exact) mass is 268 g/mol. The van der Waals surface area contributed by atoms with Crippen LogP contribution in [0, 0.1) is 0 Å². The Labute approximate surface area is 114 Å². The molecule has 2 heterocycles. The molecular weight excluding hydrogens is 256 g/mol. The van der Waals surface area contributed by atoms with Gasteiger partial charge in [-0.3, -0.25) is 0 Å². The number of aromatic amines is 1. The number of para-hydroxylation sites is 1. The predicted molar refractivity (Wildman–Crippen MR) is 74.4 cm³/mol. The van der Waals surface area contributed by atoms with E-state index >= 15 is 0 Å². The summed E-state index contributed by atoms with van der Waals surface area (Å²) in [5.74, 6) is -1.12. The molecule has 2 aromatic heterocycles. The summed E-state index contributed by atoms with van der Waals surface area (Å²) in [4.78, 5) is 18.4. The van der Waals surface area contributed by atoms with E-state index in [1.807, 2.05) is 30.3 Å². The average Bonchev–Trinajstić information content (AvgIpc) is 2.89. The average molecular weight is 268 g/mol. The minimum absolute atomic E-state index is 0.0666. The molecule has 100 valence electrons. The van der Waals surface area contributed by atoms with Crippen LogP contribution < -0.4 is 0 Å². The van der Waals surface area contributed by atoms with Crippen LogP contribution in [0.15, 0.2) is 42.6 Å². The maximum Gasteiger partial charge on any atom is 0.355 e. The topological polar surface area (TPSA) is 86.2 Å². The zero-order valence-electron chi connectivity index (χ0n) is 10.5. The summed E-state index contributed by atoms with van der Waals surface area (Å²) in [6, 6.07) is 11.1. The number of aliphatic hydroxyl groups excluding tert-OH is 1. The Balaban J connectivity index is 2.29.